The summed E-state index contributed by atoms with van der Waals surface area (Å²) in [4.78, 5) is 41.3. The van der Waals surface area contributed by atoms with Gasteiger partial charge >= 0.3 is 6.03 Å². The van der Waals surface area contributed by atoms with Gasteiger partial charge in [0.15, 0.2) is 9.84 Å². The fraction of sp³-hybridized carbons (Fsp3) is 0.591. The van der Waals surface area contributed by atoms with Crippen molar-refractivity contribution in [3.8, 4) is 5.75 Å². The van der Waals surface area contributed by atoms with Crippen LogP contribution in [0, 0.1) is 0 Å². The van der Waals surface area contributed by atoms with Gasteiger partial charge in [-0.05, 0) is 56.7 Å². The highest BCUT2D eigenvalue weighted by atomic mass is 32.2. The number of hydrogen-bond donors (Lipinski definition) is 1. The van der Waals surface area contributed by atoms with Crippen molar-refractivity contribution in [1.82, 2.24) is 15.1 Å². The lowest BCUT2D eigenvalue weighted by molar-refractivity contribution is -0.140. The van der Waals surface area contributed by atoms with E-state index in [1.54, 1.807) is 18.9 Å². The molecule has 4 rings (SSSR count). The summed E-state index contributed by atoms with van der Waals surface area (Å²) in [5.41, 5.74) is -0.0933. The van der Waals surface area contributed by atoms with Crippen LogP contribution in [-0.4, -0.2) is 78.8 Å². The number of aryl methyl sites for hydroxylation is 1. The molecule has 2 heterocycles. The standard InChI is InChI=1S/C22H29N3O6S/c1-22(11-9-15-3-7-18(31-2)8-4-15)20(27)24(21(28)23-22)13-19(26)25(16-5-6-16)17-10-12-32(29,30)14-17/h3-4,7-8,16-17H,5-6,9-14H2,1-2H3,(H,23,28). The Bertz CT molecular complexity index is 1020. The number of ether oxygens (including phenoxy) is 1. The average Bonchev–Trinajstić information content (AvgIpc) is 3.48. The van der Waals surface area contributed by atoms with Crippen molar-refractivity contribution < 1.29 is 27.5 Å². The minimum atomic E-state index is -3.15. The van der Waals surface area contributed by atoms with Gasteiger partial charge in [0.1, 0.15) is 17.8 Å². The number of imide groups is 1. The molecule has 2 atom stereocenters. The summed E-state index contributed by atoms with van der Waals surface area (Å²) in [6, 6.07) is 6.54. The Balaban J connectivity index is 1.40. The van der Waals surface area contributed by atoms with Crippen LogP contribution in [0.15, 0.2) is 24.3 Å². The van der Waals surface area contributed by atoms with Crippen molar-refractivity contribution in [3.63, 3.8) is 0 Å². The second kappa shape index (κ2) is 8.38. The number of methoxy groups -OCH3 is 1. The minimum absolute atomic E-state index is 0.00280. The lowest BCUT2D eigenvalue weighted by Crippen LogP contribution is -2.49. The average molecular weight is 464 g/mol. The maximum atomic E-state index is 13.1. The van der Waals surface area contributed by atoms with Gasteiger partial charge < -0.3 is 15.0 Å². The van der Waals surface area contributed by atoms with Crippen LogP contribution < -0.4 is 10.1 Å². The molecule has 1 saturated carbocycles. The third-order valence-corrected chi connectivity index (χ3v) is 8.29. The van der Waals surface area contributed by atoms with Gasteiger partial charge in [-0.25, -0.2) is 13.2 Å². The fourth-order valence-corrected chi connectivity index (χ4v) is 6.23. The first-order chi connectivity index (χ1) is 15.1. The molecule has 1 aromatic carbocycles. The van der Waals surface area contributed by atoms with E-state index in [2.05, 4.69) is 5.32 Å². The molecule has 3 fully saturated rings. The zero-order chi connectivity index (χ0) is 23.1. The molecule has 0 aromatic heterocycles. The molecule has 4 amide bonds. The number of benzene rings is 1. The Morgan fingerprint density at radius 3 is 2.44 bits per heavy atom. The van der Waals surface area contributed by atoms with Crippen molar-refractivity contribution >= 4 is 27.7 Å². The molecule has 1 aliphatic carbocycles. The second-order valence-electron chi connectivity index (χ2n) is 9.09. The molecule has 3 aliphatic rings. The summed E-state index contributed by atoms with van der Waals surface area (Å²) >= 11 is 0. The molecule has 2 aliphatic heterocycles. The van der Waals surface area contributed by atoms with Crippen LogP contribution in [0.4, 0.5) is 4.79 Å². The Labute approximate surface area is 188 Å². The maximum Gasteiger partial charge on any atom is 0.325 e. The molecule has 0 spiro atoms. The lowest BCUT2D eigenvalue weighted by atomic mass is 9.93. The first-order valence-electron chi connectivity index (χ1n) is 10.9. The summed E-state index contributed by atoms with van der Waals surface area (Å²) in [5, 5.41) is 2.74. The van der Waals surface area contributed by atoms with E-state index in [-0.39, 0.29) is 36.0 Å². The number of carbonyl (C=O) groups excluding carboxylic acids is 3. The summed E-state index contributed by atoms with van der Waals surface area (Å²) in [6.45, 7) is 1.30. The molecule has 0 radical (unpaired) electrons. The number of nitrogens with one attached hydrogen (secondary N) is 1. The number of nitrogens with zero attached hydrogens (tertiary/aromatic N) is 2. The normalized spacial score (nSPS) is 26.8. The molecule has 1 N–H and O–H groups in total. The van der Waals surface area contributed by atoms with Crippen LogP contribution in [0.1, 0.15) is 38.2 Å². The predicted molar refractivity (Wildman–Crippen MR) is 117 cm³/mol. The number of carbonyl (C=O) groups is 3. The van der Waals surface area contributed by atoms with Gasteiger partial charge in [-0.3, -0.25) is 14.5 Å². The van der Waals surface area contributed by atoms with Gasteiger partial charge in [0.05, 0.1) is 18.6 Å². The van der Waals surface area contributed by atoms with Gasteiger partial charge in [-0.15, -0.1) is 0 Å². The molecular formula is C22H29N3O6S. The topological polar surface area (TPSA) is 113 Å². The second-order valence-corrected chi connectivity index (χ2v) is 11.3. The van der Waals surface area contributed by atoms with Crippen molar-refractivity contribution in [2.45, 2.75) is 56.7 Å². The van der Waals surface area contributed by atoms with Gasteiger partial charge in [0.25, 0.3) is 5.91 Å². The van der Waals surface area contributed by atoms with Crippen LogP contribution in [-0.2, 0) is 25.8 Å². The van der Waals surface area contributed by atoms with E-state index < -0.39 is 27.3 Å². The van der Waals surface area contributed by atoms with Crippen molar-refractivity contribution in [1.29, 1.82) is 0 Å². The predicted octanol–water partition coefficient (Wildman–Crippen LogP) is 1.12. The molecule has 174 valence electrons. The highest BCUT2D eigenvalue weighted by Gasteiger charge is 2.49. The Morgan fingerprint density at radius 2 is 1.88 bits per heavy atom. The molecule has 0 bridgehead atoms. The van der Waals surface area contributed by atoms with Crippen LogP contribution in [0.3, 0.4) is 0 Å². The maximum absolute atomic E-state index is 13.1. The van der Waals surface area contributed by atoms with Gasteiger partial charge in [-0.2, -0.15) is 0 Å². The monoisotopic (exact) mass is 463 g/mol. The smallest absolute Gasteiger partial charge is 0.325 e. The van der Waals surface area contributed by atoms with Crippen molar-refractivity contribution in [2.75, 3.05) is 25.2 Å². The Morgan fingerprint density at radius 1 is 1.19 bits per heavy atom. The quantitative estimate of drug-likeness (QED) is 0.578. The zero-order valence-corrected chi connectivity index (χ0v) is 19.2. The van der Waals surface area contributed by atoms with Gasteiger partial charge in [0, 0.05) is 12.1 Å². The highest BCUT2D eigenvalue weighted by molar-refractivity contribution is 7.91. The molecule has 2 saturated heterocycles. The summed E-state index contributed by atoms with van der Waals surface area (Å²) in [7, 11) is -1.56. The number of sulfone groups is 1. The van der Waals surface area contributed by atoms with E-state index in [1.165, 1.54) is 0 Å². The van der Waals surface area contributed by atoms with Crippen LogP contribution in [0.5, 0.6) is 5.75 Å². The first kappa shape index (κ1) is 22.6. The molecule has 10 heteroatoms. The van der Waals surface area contributed by atoms with Gasteiger partial charge in [-0.1, -0.05) is 12.1 Å². The van der Waals surface area contributed by atoms with E-state index in [4.69, 9.17) is 4.74 Å². The van der Waals surface area contributed by atoms with E-state index in [1.807, 2.05) is 24.3 Å². The first-order valence-corrected chi connectivity index (χ1v) is 12.7. The van der Waals surface area contributed by atoms with Crippen LogP contribution in [0.2, 0.25) is 0 Å². The number of amides is 4. The highest BCUT2D eigenvalue weighted by Crippen LogP contribution is 2.33. The Hall–Kier alpha value is -2.62. The molecule has 1 aromatic rings. The Kier molecular flexibility index (Phi) is 5.91. The molecule has 2 unspecified atom stereocenters. The molecule has 9 nitrogen and oxygen atoms in total. The molecule has 32 heavy (non-hydrogen) atoms. The zero-order valence-electron chi connectivity index (χ0n) is 18.4. The van der Waals surface area contributed by atoms with E-state index in [0.717, 1.165) is 29.1 Å². The van der Waals surface area contributed by atoms with Gasteiger partial charge in [0.2, 0.25) is 5.91 Å². The summed E-state index contributed by atoms with van der Waals surface area (Å²) in [6.07, 6.45) is 3.01. The number of hydrogen-bond acceptors (Lipinski definition) is 6. The van der Waals surface area contributed by atoms with E-state index >= 15 is 0 Å². The van der Waals surface area contributed by atoms with Crippen LogP contribution >= 0.6 is 0 Å². The van der Waals surface area contributed by atoms with Crippen molar-refractivity contribution in [3.05, 3.63) is 29.8 Å². The SMILES string of the molecule is COc1ccc(CCC2(C)NC(=O)N(CC(=O)N(C3CC3)C3CCS(=O)(=O)C3)C2=O)cc1. The van der Waals surface area contributed by atoms with E-state index in [9.17, 15) is 22.8 Å². The third kappa shape index (κ3) is 4.60. The lowest BCUT2D eigenvalue weighted by Gasteiger charge is -2.29. The fourth-order valence-electron chi connectivity index (χ4n) is 4.52. The summed E-state index contributed by atoms with van der Waals surface area (Å²) in [5.74, 6) is -0.0304. The minimum Gasteiger partial charge on any atom is -0.497 e. The van der Waals surface area contributed by atoms with E-state index in [0.29, 0.717) is 19.3 Å². The van der Waals surface area contributed by atoms with Crippen LogP contribution in [0.25, 0.3) is 0 Å². The third-order valence-electron chi connectivity index (χ3n) is 6.54. The number of rotatable bonds is 8. The summed E-state index contributed by atoms with van der Waals surface area (Å²) < 4.78 is 28.9. The largest absolute Gasteiger partial charge is 0.497 e. The molecular weight excluding hydrogens is 434 g/mol. The van der Waals surface area contributed by atoms with Crippen molar-refractivity contribution in [2.24, 2.45) is 0 Å². The number of urea groups is 1.